The summed E-state index contributed by atoms with van der Waals surface area (Å²) >= 11 is 0. The second-order valence-corrected chi connectivity index (χ2v) is 5.70. The van der Waals surface area contributed by atoms with Gasteiger partial charge >= 0.3 is 0 Å². The fraction of sp³-hybridized carbons (Fsp3) is 0.643. The number of aromatic nitrogens is 2. The summed E-state index contributed by atoms with van der Waals surface area (Å²) in [6.45, 7) is 3.80. The van der Waals surface area contributed by atoms with Crippen molar-refractivity contribution in [3.05, 3.63) is 18.1 Å². The molecular formula is C14H20N4O2. The normalized spacial score (nSPS) is 30.4. The van der Waals surface area contributed by atoms with Gasteiger partial charge in [0.25, 0.3) is 0 Å². The lowest BCUT2D eigenvalue weighted by Crippen LogP contribution is -2.61. The number of nitrogens with one attached hydrogen (secondary N) is 1. The standard InChI is InChI=1S/C14H20N4O2/c1-10-15-7-3-12(17-10)18-8-4-11(19)14(9-18)5-2-6-16-13(14)20/h3,7,11,19H,2,4-6,8-9H2,1H3,(H,16,20)/t11-,14+/m0/s1. The summed E-state index contributed by atoms with van der Waals surface area (Å²) < 4.78 is 0. The van der Waals surface area contributed by atoms with Crippen LogP contribution in [-0.2, 0) is 4.79 Å². The predicted molar refractivity (Wildman–Crippen MR) is 74.3 cm³/mol. The maximum Gasteiger partial charge on any atom is 0.230 e. The Bertz CT molecular complexity index is 522. The summed E-state index contributed by atoms with van der Waals surface area (Å²) in [4.78, 5) is 22.9. The first-order chi connectivity index (χ1) is 9.62. The molecule has 2 saturated heterocycles. The molecule has 6 nitrogen and oxygen atoms in total. The summed E-state index contributed by atoms with van der Waals surface area (Å²) in [5.41, 5.74) is -0.685. The Morgan fingerprint density at radius 3 is 3.15 bits per heavy atom. The van der Waals surface area contributed by atoms with Crippen molar-refractivity contribution in [3.8, 4) is 0 Å². The molecule has 0 bridgehead atoms. The molecular weight excluding hydrogens is 256 g/mol. The van der Waals surface area contributed by atoms with Crippen LogP contribution in [0.2, 0.25) is 0 Å². The van der Waals surface area contributed by atoms with E-state index in [9.17, 15) is 9.90 Å². The lowest BCUT2D eigenvalue weighted by Gasteiger charge is -2.47. The van der Waals surface area contributed by atoms with Crippen LogP contribution >= 0.6 is 0 Å². The SMILES string of the molecule is Cc1nccc(N2CC[C@H](O)[C@@]3(CCCNC3=O)C2)n1. The summed E-state index contributed by atoms with van der Waals surface area (Å²) in [5, 5.41) is 13.3. The number of amides is 1. The number of nitrogens with zero attached hydrogens (tertiary/aromatic N) is 3. The highest BCUT2D eigenvalue weighted by molar-refractivity contribution is 5.85. The van der Waals surface area contributed by atoms with E-state index in [0.29, 0.717) is 26.1 Å². The van der Waals surface area contributed by atoms with E-state index in [4.69, 9.17) is 0 Å². The first-order valence-electron chi connectivity index (χ1n) is 7.13. The molecule has 0 aromatic carbocycles. The van der Waals surface area contributed by atoms with Gasteiger partial charge in [0.1, 0.15) is 11.6 Å². The number of hydrogen-bond donors (Lipinski definition) is 2. The maximum atomic E-state index is 12.3. The Morgan fingerprint density at radius 2 is 2.40 bits per heavy atom. The molecule has 0 saturated carbocycles. The van der Waals surface area contributed by atoms with Gasteiger partial charge in [0.2, 0.25) is 5.91 Å². The van der Waals surface area contributed by atoms with Crippen LogP contribution in [0, 0.1) is 12.3 Å². The molecule has 3 heterocycles. The van der Waals surface area contributed by atoms with Crippen molar-refractivity contribution >= 4 is 11.7 Å². The quantitative estimate of drug-likeness (QED) is 0.769. The fourth-order valence-corrected chi connectivity index (χ4v) is 3.26. The van der Waals surface area contributed by atoms with Crippen LogP contribution in [0.25, 0.3) is 0 Å². The smallest absolute Gasteiger partial charge is 0.230 e. The average Bonchev–Trinajstić information content (AvgIpc) is 2.45. The number of aliphatic hydroxyl groups is 1. The second kappa shape index (κ2) is 5.01. The number of carbonyl (C=O) groups excluding carboxylic acids is 1. The highest BCUT2D eigenvalue weighted by atomic mass is 16.3. The van der Waals surface area contributed by atoms with Crippen molar-refractivity contribution in [2.75, 3.05) is 24.5 Å². The van der Waals surface area contributed by atoms with Crippen LogP contribution in [-0.4, -0.2) is 46.7 Å². The van der Waals surface area contributed by atoms with Gasteiger partial charge in [-0.3, -0.25) is 4.79 Å². The molecule has 2 N–H and O–H groups in total. The Hall–Kier alpha value is -1.69. The van der Waals surface area contributed by atoms with Crippen molar-refractivity contribution in [3.63, 3.8) is 0 Å². The highest BCUT2D eigenvalue weighted by Gasteiger charge is 2.50. The minimum absolute atomic E-state index is 0.0215. The number of carbonyl (C=O) groups is 1. The molecule has 6 heteroatoms. The van der Waals surface area contributed by atoms with Gasteiger partial charge < -0.3 is 15.3 Å². The second-order valence-electron chi connectivity index (χ2n) is 5.70. The number of rotatable bonds is 1. The van der Waals surface area contributed by atoms with Crippen molar-refractivity contribution in [2.45, 2.75) is 32.3 Å². The maximum absolute atomic E-state index is 12.3. The Morgan fingerprint density at radius 1 is 1.55 bits per heavy atom. The lowest BCUT2D eigenvalue weighted by molar-refractivity contribution is -0.142. The van der Waals surface area contributed by atoms with E-state index in [-0.39, 0.29) is 5.91 Å². The Balaban J connectivity index is 1.88. The molecule has 0 unspecified atom stereocenters. The van der Waals surface area contributed by atoms with Gasteiger partial charge in [-0.15, -0.1) is 0 Å². The summed E-state index contributed by atoms with van der Waals surface area (Å²) in [6.07, 6.45) is 3.41. The molecule has 1 aromatic rings. The zero-order chi connectivity index (χ0) is 14.2. The van der Waals surface area contributed by atoms with E-state index in [2.05, 4.69) is 20.2 Å². The van der Waals surface area contributed by atoms with Crippen molar-refractivity contribution in [2.24, 2.45) is 5.41 Å². The summed E-state index contributed by atoms with van der Waals surface area (Å²) in [6, 6.07) is 1.86. The highest BCUT2D eigenvalue weighted by Crippen LogP contribution is 2.38. The van der Waals surface area contributed by atoms with Gasteiger partial charge in [0.05, 0.1) is 11.5 Å². The number of piperidine rings is 2. The van der Waals surface area contributed by atoms with Crippen LogP contribution in [0.1, 0.15) is 25.1 Å². The van der Waals surface area contributed by atoms with Gasteiger partial charge in [-0.05, 0) is 32.3 Å². The molecule has 2 fully saturated rings. The summed E-state index contributed by atoms with van der Waals surface area (Å²) in [7, 11) is 0. The molecule has 3 rings (SSSR count). The van der Waals surface area contributed by atoms with Crippen LogP contribution < -0.4 is 10.2 Å². The Kier molecular flexibility index (Phi) is 3.33. The minimum atomic E-state index is -0.685. The molecule has 0 aliphatic carbocycles. The van der Waals surface area contributed by atoms with E-state index in [1.165, 1.54) is 0 Å². The zero-order valence-corrected chi connectivity index (χ0v) is 11.7. The molecule has 1 amide bonds. The van der Waals surface area contributed by atoms with Crippen molar-refractivity contribution < 1.29 is 9.90 Å². The van der Waals surface area contributed by atoms with Crippen molar-refractivity contribution in [1.82, 2.24) is 15.3 Å². The van der Waals surface area contributed by atoms with E-state index in [1.54, 1.807) is 6.20 Å². The van der Waals surface area contributed by atoms with Gasteiger partial charge in [-0.1, -0.05) is 0 Å². The third-order valence-corrected chi connectivity index (χ3v) is 4.41. The minimum Gasteiger partial charge on any atom is -0.392 e. The average molecular weight is 276 g/mol. The molecule has 0 radical (unpaired) electrons. The zero-order valence-electron chi connectivity index (χ0n) is 11.7. The molecule has 2 aliphatic heterocycles. The van der Waals surface area contributed by atoms with Gasteiger partial charge in [-0.25, -0.2) is 9.97 Å². The Labute approximate surface area is 118 Å². The van der Waals surface area contributed by atoms with E-state index in [1.807, 2.05) is 13.0 Å². The van der Waals surface area contributed by atoms with Crippen LogP contribution in [0.3, 0.4) is 0 Å². The van der Waals surface area contributed by atoms with E-state index >= 15 is 0 Å². The molecule has 108 valence electrons. The largest absolute Gasteiger partial charge is 0.392 e. The van der Waals surface area contributed by atoms with Crippen molar-refractivity contribution in [1.29, 1.82) is 0 Å². The third-order valence-electron chi connectivity index (χ3n) is 4.41. The molecule has 20 heavy (non-hydrogen) atoms. The monoisotopic (exact) mass is 276 g/mol. The van der Waals surface area contributed by atoms with Gasteiger partial charge in [0, 0.05) is 25.8 Å². The first kappa shape index (κ1) is 13.3. The van der Waals surface area contributed by atoms with Crippen LogP contribution in [0.15, 0.2) is 12.3 Å². The predicted octanol–water partition coefficient (Wildman–Crippen LogP) is 0.252. The molecule has 2 atom stereocenters. The summed E-state index contributed by atoms with van der Waals surface area (Å²) in [5.74, 6) is 1.53. The number of aryl methyl sites for hydroxylation is 1. The van der Waals surface area contributed by atoms with E-state index in [0.717, 1.165) is 24.5 Å². The number of hydrogen-bond acceptors (Lipinski definition) is 5. The third kappa shape index (κ3) is 2.14. The number of aliphatic hydroxyl groups excluding tert-OH is 1. The van der Waals surface area contributed by atoms with Crippen LogP contribution in [0.4, 0.5) is 5.82 Å². The van der Waals surface area contributed by atoms with Gasteiger partial charge in [0.15, 0.2) is 0 Å². The molecule has 1 aromatic heterocycles. The molecule has 1 spiro atoms. The first-order valence-corrected chi connectivity index (χ1v) is 7.13. The topological polar surface area (TPSA) is 78.4 Å². The number of anilines is 1. The van der Waals surface area contributed by atoms with Gasteiger partial charge in [-0.2, -0.15) is 0 Å². The fourth-order valence-electron chi connectivity index (χ4n) is 3.26. The van der Waals surface area contributed by atoms with Crippen LogP contribution in [0.5, 0.6) is 0 Å². The van der Waals surface area contributed by atoms with E-state index < -0.39 is 11.5 Å². The molecule has 2 aliphatic rings. The lowest BCUT2D eigenvalue weighted by atomic mass is 9.71.